The summed E-state index contributed by atoms with van der Waals surface area (Å²) in [6, 6.07) is 0.326. The summed E-state index contributed by atoms with van der Waals surface area (Å²) in [5, 5.41) is 8.49. The summed E-state index contributed by atoms with van der Waals surface area (Å²) in [6.07, 6.45) is 0.438. The third kappa shape index (κ3) is 2.38. The Morgan fingerprint density at radius 1 is 1.40 bits per heavy atom. The highest BCUT2D eigenvalue weighted by molar-refractivity contribution is 7.89. The van der Waals surface area contributed by atoms with Gasteiger partial charge in [-0.1, -0.05) is 11.6 Å². The van der Waals surface area contributed by atoms with Crippen LogP contribution in [0.25, 0.3) is 0 Å². The lowest BCUT2D eigenvalue weighted by Gasteiger charge is -2.21. The minimum atomic E-state index is -4.51. The van der Waals surface area contributed by atoms with Crippen LogP contribution >= 0.6 is 11.6 Å². The van der Waals surface area contributed by atoms with E-state index in [1.807, 2.05) is 0 Å². The molecule has 0 aliphatic carbocycles. The molecule has 1 aliphatic rings. The molecule has 0 unspecified atom stereocenters. The number of benzene rings is 1. The summed E-state index contributed by atoms with van der Waals surface area (Å²) >= 11 is 5.63. The van der Waals surface area contributed by atoms with E-state index in [4.69, 9.17) is 16.7 Å². The first-order chi connectivity index (χ1) is 9.26. The number of nitrogens with zero attached hydrogens (tertiary/aromatic N) is 1. The van der Waals surface area contributed by atoms with Gasteiger partial charge < -0.3 is 5.11 Å². The highest BCUT2D eigenvalue weighted by atomic mass is 35.5. The lowest BCUT2D eigenvalue weighted by Crippen LogP contribution is -2.40. The largest absolute Gasteiger partial charge is 0.480 e. The van der Waals surface area contributed by atoms with Crippen molar-refractivity contribution < 1.29 is 27.1 Å². The molecule has 1 saturated heterocycles. The van der Waals surface area contributed by atoms with Gasteiger partial charge >= 0.3 is 5.97 Å². The molecule has 1 aromatic rings. The molecule has 0 radical (unpaired) electrons. The Bertz CT molecular complexity index is 665. The van der Waals surface area contributed by atoms with E-state index in [1.54, 1.807) is 0 Å². The molecule has 110 valence electrons. The van der Waals surface area contributed by atoms with E-state index in [1.165, 1.54) is 0 Å². The summed E-state index contributed by atoms with van der Waals surface area (Å²) < 4.78 is 52.2. The Morgan fingerprint density at radius 3 is 2.65 bits per heavy atom. The van der Waals surface area contributed by atoms with Crippen molar-refractivity contribution >= 4 is 27.6 Å². The second kappa shape index (κ2) is 5.27. The molecule has 1 aliphatic heterocycles. The van der Waals surface area contributed by atoms with Crippen molar-refractivity contribution in [3.05, 3.63) is 28.8 Å². The number of carbonyl (C=O) groups is 1. The van der Waals surface area contributed by atoms with Crippen LogP contribution in [0.4, 0.5) is 8.78 Å². The molecule has 1 N–H and O–H groups in total. The van der Waals surface area contributed by atoms with Crippen molar-refractivity contribution in [1.29, 1.82) is 0 Å². The Hall–Kier alpha value is -1.25. The Balaban J connectivity index is 2.57. The van der Waals surface area contributed by atoms with E-state index in [2.05, 4.69) is 0 Å². The molecule has 0 saturated carbocycles. The number of sulfonamides is 1. The highest BCUT2D eigenvalue weighted by Gasteiger charge is 2.42. The van der Waals surface area contributed by atoms with Gasteiger partial charge in [0.2, 0.25) is 10.0 Å². The van der Waals surface area contributed by atoms with Crippen molar-refractivity contribution in [2.75, 3.05) is 6.54 Å². The maximum Gasteiger partial charge on any atom is 0.322 e. The van der Waals surface area contributed by atoms with Crippen LogP contribution in [0.3, 0.4) is 0 Å². The zero-order valence-electron chi connectivity index (χ0n) is 10.0. The third-order valence-electron chi connectivity index (χ3n) is 3.06. The van der Waals surface area contributed by atoms with Crippen LogP contribution in [0.2, 0.25) is 5.02 Å². The van der Waals surface area contributed by atoms with Gasteiger partial charge in [0.1, 0.15) is 10.9 Å². The zero-order chi connectivity index (χ0) is 15.1. The van der Waals surface area contributed by atoms with Crippen LogP contribution in [0, 0.1) is 11.6 Å². The molecule has 2 rings (SSSR count). The van der Waals surface area contributed by atoms with E-state index in [0.717, 1.165) is 6.07 Å². The minimum absolute atomic E-state index is 0.0778. The standard InChI is InChI=1S/C11H10ClF2NO4S/c12-6-3-4-7(13)9(14)10(6)20(18,19)15-5-1-2-8(15)11(16)17/h3-4,8H,1-2,5H2,(H,16,17)/t8-/m0/s1. The van der Waals surface area contributed by atoms with Crippen LogP contribution in [-0.2, 0) is 14.8 Å². The first-order valence-corrected chi connectivity index (χ1v) is 7.46. The summed E-state index contributed by atoms with van der Waals surface area (Å²) in [7, 11) is -4.51. The minimum Gasteiger partial charge on any atom is -0.480 e. The summed E-state index contributed by atoms with van der Waals surface area (Å²) in [6.45, 7) is -0.0778. The predicted molar refractivity (Wildman–Crippen MR) is 65.9 cm³/mol. The van der Waals surface area contributed by atoms with E-state index in [9.17, 15) is 22.0 Å². The average Bonchev–Trinajstić information content (AvgIpc) is 2.84. The Morgan fingerprint density at radius 2 is 2.05 bits per heavy atom. The summed E-state index contributed by atoms with van der Waals surface area (Å²) in [4.78, 5) is 10.00. The fourth-order valence-electron chi connectivity index (χ4n) is 2.14. The number of halogens is 3. The molecule has 0 amide bonds. The first kappa shape index (κ1) is 15.1. The Labute approximate surface area is 118 Å². The summed E-state index contributed by atoms with van der Waals surface area (Å²) in [5.74, 6) is -4.30. The molecule has 20 heavy (non-hydrogen) atoms. The molecule has 0 bridgehead atoms. The van der Waals surface area contributed by atoms with Crippen LogP contribution in [0.1, 0.15) is 12.8 Å². The van der Waals surface area contributed by atoms with Crippen LogP contribution in [-0.4, -0.2) is 36.4 Å². The van der Waals surface area contributed by atoms with Crippen LogP contribution < -0.4 is 0 Å². The Kier molecular flexibility index (Phi) is 3.99. The van der Waals surface area contributed by atoms with Crippen LogP contribution in [0.5, 0.6) is 0 Å². The number of hydrogen-bond donors (Lipinski definition) is 1. The van der Waals surface area contributed by atoms with Gasteiger partial charge in [0.25, 0.3) is 0 Å². The van der Waals surface area contributed by atoms with Gasteiger partial charge in [-0.25, -0.2) is 17.2 Å². The molecule has 1 atom stereocenters. The lowest BCUT2D eigenvalue weighted by atomic mass is 10.2. The first-order valence-electron chi connectivity index (χ1n) is 5.65. The van der Waals surface area contributed by atoms with Gasteiger partial charge in [-0.3, -0.25) is 4.79 Å². The van der Waals surface area contributed by atoms with Crippen molar-refractivity contribution in [2.24, 2.45) is 0 Å². The van der Waals surface area contributed by atoms with Gasteiger partial charge in [0, 0.05) is 6.54 Å². The van der Waals surface area contributed by atoms with E-state index in [-0.39, 0.29) is 13.0 Å². The molecule has 1 aromatic carbocycles. The van der Waals surface area contributed by atoms with Gasteiger partial charge in [-0.15, -0.1) is 0 Å². The smallest absolute Gasteiger partial charge is 0.322 e. The van der Waals surface area contributed by atoms with Crippen LogP contribution in [0.15, 0.2) is 17.0 Å². The SMILES string of the molecule is O=C(O)[C@@H]1CCCN1S(=O)(=O)c1c(Cl)ccc(F)c1F. The quantitative estimate of drug-likeness (QED) is 0.861. The predicted octanol–water partition coefficient (Wildman–Crippen LogP) is 1.86. The van der Waals surface area contributed by atoms with Gasteiger partial charge in [0.15, 0.2) is 11.6 Å². The maximum atomic E-state index is 13.7. The number of aliphatic carboxylic acids is 1. The van der Waals surface area contributed by atoms with Crippen molar-refractivity contribution in [1.82, 2.24) is 4.31 Å². The zero-order valence-corrected chi connectivity index (χ0v) is 11.6. The number of carboxylic acids is 1. The van der Waals surface area contributed by atoms with E-state index in [0.29, 0.717) is 16.8 Å². The second-order valence-electron chi connectivity index (χ2n) is 4.28. The monoisotopic (exact) mass is 325 g/mol. The number of hydrogen-bond acceptors (Lipinski definition) is 3. The molecule has 5 nitrogen and oxygen atoms in total. The molecule has 1 heterocycles. The normalized spacial score (nSPS) is 20.2. The average molecular weight is 326 g/mol. The molecule has 1 fully saturated rings. The topological polar surface area (TPSA) is 74.7 Å². The fraction of sp³-hybridized carbons (Fsp3) is 0.364. The number of carboxylic acid groups (broad SMARTS) is 1. The maximum absolute atomic E-state index is 13.7. The van der Waals surface area contributed by atoms with Crippen molar-refractivity contribution in [2.45, 2.75) is 23.8 Å². The molecular weight excluding hydrogens is 316 g/mol. The second-order valence-corrected chi connectivity index (χ2v) is 6.52. The van der Waals surface area contributed by atoms with Crippen molar-refractivity contribution in [3.63, 3.8) is 0 Å². The van der Waals surface area contributed by atoms with Gasteiger partial charge in [-0.05, 0) is 25.0 Å². The summed E-state index contributed by atoms with van der Waals surface area (Å²) in [5.41, 5.74) is 0. The number of rotatable bonds is 3. The molecule has 0 spiro atoms. The van der Waals surface area contributed by atoms with Gasteiger partial charge in [-0.2, -0.15) is 4.31 Å². The highest BCUT2D eigenvalue weighted by Crippen LogP contribution is 2.32. The van der Waals surface area contributed by atoms with Crippen molar-refractivity contribution in [3.8, 4) is 0 Å². The fourth-order valence-corrected chi connectivity index (χ4v) is 4.35. The van der Waals surface area contributed by atoms with E-state index < -0.39 is 43.6 Å². The molecule has 0 aromatic heterocycles. The third-order valence-corrected chi connectivity index (χ3v) is 5.45. The van der Waals surface area contributed by atoms with Gasteiger partial charge in [0.05, 0.1) is 5.02 Å². The lowest BCUT2D eigenvalue weighted by molar-refractivity contribution is -0.140. The van der Waals surface area contributed by atoms with E-state index >= 15 is 0 Å². The molecule has 9 heteroatoms. The molecular formula is C11H10ClF2NO4S.